The van der Waals surface area contributed by atoms with Crippen molar-refractivity contribution in [3.8, 4) is 0 Å². The average molecular weight is 236 g/mol. The summed E-state index contributed by atoms with van der Waals surface area (Å²) in [4.78, 5) is 14.1. The summed E-state index contributed by atoms with van der Waals surface area (Å²) in [6.07, 6.45) is 5.58. The summed E-state index contributed by atoms with van der Waals surface area (Å²) in [5.74, 6) is 0.786. The van der Waals surface area contributed by atoms with Crippen molar-refractivity contribution in [3.63, 3.8) is 0 Å². The second kappa shape index (κ2) is 5.31. The molecule has 1 aliphatic heterocycles. The van der Waals surface area contributed by atoms with Crippen LogP contribution in [0.2, 0.25) is 0 Å². The van der Waals surface area contributed by atoms with Crippen LogP contribution in [0.5, 0.6) is 0 Å². The van der Waals surface area contributed by atoms with E-state index in [2.05, 4.69) is 12.0 Å². The molecule has 0 bridgehead atoms. The van der Waals surface area contributed by atoms with Crippen LogP contribution in [0.4, 0.5) is 0 Å². The van der Waals surface area contributed by atoms with Crippen molar-refractivity contribution in [3.05, 3.63) is 18.5 Å². The number of nitrogens with two attached hydrogens (primary N) is 1. The average Bonchev–Trinajstić information content (AvgIpc) is 2.81. The Hall–Kier alpha value is -1.36. The summed E-state index contributed by atoms with van der Waals surface area (Å²) < 4.78 is 1.66. The minimum atomic E-state index is 0.121. The van der Waals surface area contributed by atoms with Gasteiger partial charge in [0.15, 0.2) is 0 Å². The summed E-state index contributed by atoms with van der Waals surface area (Å²) in [7, 11) is 0. The van der Waals surface area contributed by atoms with Gasteiger partial charge in [0.05, 0.1) is 0 Å². The predicted octanol–water partition coefficient (Wildman–Crippen LogP) is 0.469. The fraction of sp³-hybridized carbons (Fsp3) is 0.667. The number of likely N-dealkylation sites (tertiary alicyclic amines) is 1. The van der Waals surface area contributed by atoms with E-state index in [1.807, 2.05) is 17.2 Å². The van der Waals surface area contributed by atoms with E-state index in [1.165, 1.54) is 0 Å². The summed E-state index contributed by atoms with van der Waals surface area (Å²) in [6.45, 7) is 3.91. The Morgan fingerprint density at radius 3 is 3.06 bits per heavy atom. The molecule has 1 amide bonds. The number of carbonyl (C=O) groups is 1. The van der Waals surface area contributed by atoms with E-state index >= 15 is 0 Å². The fourth-order valence-corrected chi connectivity index (χ4v) is 2.43. The molecule has 94 valence electrons. The molecule has 2 heterocycles. The van der Waals surface area contributed by atoms with Crippen molar-refractivity contribution >= 4 is 5.91 Å². The number of rotatable bonds is 3. The summed E-state index contributed by atoms with van der Waals surface area (Å²) in [5, 5.41) is 4.05. The van der Waals surface area contributed by atoms with Crippen molar-refractivity contribution in [2.24, 2.45) is 11.7 Å². The Morgan fingerprint density at radius 1 is 1.59 bits per heavy atom. The van der Waals surface area contributed by atoms with E-state index in [0.717, 1.165) is 19.4 Å². The van der Waals surface area contributed by atoms with Crippen molar-refractivity contribution in [2.75, 3.05) is 13.1 Å². The van der Waals surface area contributed by atoms with Gasteiger partial charge >= 0.3 is 0 Å². The van der Waals surface area contributed by atoms with E-state index in [9.17, 15) is 4.79 Å². The standard InChI is InChI=1S/C12H20N4O/c1-10-3-6-16(11(7-10)8-13)12(17)9-15-5-2-4-14-15/h2,4-5,10-11H,3,6-9,13H2,1H3. The lowest BCUT2D eigenvalue weighted by Crippen LogP contribution is -2.50. The van der Waals surface area contributed by atoms with Gasteiger partial charge in [-0.05, 0) is 24.8 Å². The first-order valence-corrected chi connectivity index (χ1v) is 6.17. The number of hydrogen-bond acceptors (Lipinski definition) is 3. The lowest BCUT2D eigenvalue weighted by Gasteiger charge is -2.38. The second-order valence-electron chi connectivity index (χ2n) is 4.81. The number of amides is 1. The number of nitrogens with zero attached hydrogens (tertiary/aromatic N) is 3. The third-order valence-electron chi connectivity index (χ3n) is 3.43. The van der Waals surface area contributed by atoms with Crippen molar-refractivity contribution in [1.82, 2.24) is 14.7 Å². The van der Waals surface area contributed by atoms with Crippen LogP contribution in [-0.2, 0) is 11.3 Å². The minimum absolute atomic E-state index is 0.121. The molecular formula is C12H20N4O. The molecule has 0 spiro atoms. The number of aromatic nitrogens is 2. The third-order valence-corrected chi connectivity index (χ3v) is 3.43. The van der Waals surface area contributed by atoms with Gasteiger partial charge in [0, 0.05) is 31.5 Å². The Labute approximate surface area is 102 Å². The topological polar surface area (TPSA) is 64.2 Å². The minimum Gasteiger partial charge on any atom is -0.337 e. The van der Waals surface area contributed by atoms with Gasteiger partial charge in [-0.25, -0.2) is 0 Å². The highest BCUT2D eigenvalue weighted by Crippen LogP contribution is 2.22. The zero-order chi connectivity index (χ0) is 12.3. The van der Waals surface area contributed by atoms with Gasteiger partial charge in [0.1, 0.15) is 6.54 Å². The maximum absolute atomic E-state index is 12.2. The van der Waals surface area contributed by atoms with Gasteiger partial charge in [-0.3, -0.25) is 9.48 Å². The van der Waals surface area contributed by atoms with Gasteiger partial charge in [-0.2, -0.15) is 5.10 Å². The van der Waals surface area contributed by atoms with E-state index in [-0.39, 0.29) is 11.9 Å². The molecule has 0 aromatic carbocycles. The molecule has 1 fully saturated rings. The normalized spacial score (nSPS) is 24.9. The summed E-state index contributed by atoms with van der Waals surface area (Å²) >= 11 is 0. The second-order valence-corrected chi connectivity index (χ2v) is 4.81. The zero-order valence-electron chi connectivity index (χ0n) is 10.2. The highest BCUT2D eigenvalue weighted by Gasteiger charge is 2.28. The number of carbonyl (C=O) groups excluding carboxylic acids is 1. The largest absolute Gasteiger partial charge is 0.337 e. The van der Waals surface area contributed by atoms with Crippen molar-refractivity contribution < 1.29 is 4.79 Å². The van der Waals surface area contributed by atoms with E-state index in [1.54, 1.807) is 10.9 Å². The third kappa shape index (κ3) is 2.85. The predicted molar refractivity (Wildman–Crippen MR) is 65.2 cm³/mol. The van der Waals surface area contributed by atoms with E-state index in [0.29, 0.717) is 19.0 Å². The Balaban J connectivity index is 1.98. The molecule has 1 aromatic heterocycles. The number of piperidine rings is 1. The molecule has 2 N–H and O–H groups in total. The molecular weight excluding hydrogens is 216 g/mol. The summed E-state index contributed by atoms with van der Waals surface area (Å²) in [5.41, 5.74) is 5.75. The molecule has 1 aliphatic rings. The first kappa shape index (κ1) is 12.1. The molecule has 5 nitrogen and oxygen atoms in total. The van der Waals surface area contributed by atoms with Gasteiger partial charge in [0.2, 0.25) is 5.91 Å². The summed E-state index contributed by atoms with van der Waals surface area (Å²) in [6, 6.07) is 2.02. The SMILES string of the molecule is CC1CCN(C(=O)Cn2cccn2)C(CN)C1. The highest BCUT2D eigenvalue weighted by molar-refractivity contribution is 5.76. The Kier molecular flexibility index (Phi) is 3.78. The quantitative estimate of drug-likeness (QED) is 0.829. The molecule has 0 aliphatic carbocycles. The smallest absolute Gasteiger partial charge is 0.244 e. The molecule has 0 radical (unpaired) electrons. The van der Waals surface area contributed by atoms with E-state index in [4.69, 9.17) is 5.73 Å². The van der Waals surface area contributed by atoms with Crippen LogP contribution < -0.4 is 5.73 Å². The van der Waals surface area contributed by atoms with Crippen LogP contribution in [0.3, 0.4) is 0 Å². The highest BCUT2D eigenvalue weighted by atomic mass is 16.2. The first-order chi connectivity index (χ1) is 8.20. The molecule has 2 rings (SSSR count). The van der Waals surface area contributed by atoms with Gasteiger partial charge in [-0.1, -0.05) is 6.92 Å². The number of hydrogen-bond donors (Lipinski definition) is 1. The lowest BCUT2D eigenvalue weighted by molar-refractivity contribution is -0.136. The molecule has 5 heteroatoms. The van der Waals surface area contributed by atoms with Crippen LogP contribution in [0.25, 0.3) is 0 Å². The van der Waals surface area contributed by atoms with Gasteiger partial charge < -0.3 is 10.6 Å². The molecule has 17 heavy (non-hydrogen) atoms. The van der Waals surface area contributed by atoms with Crippen molar-refractivity contribution in [1.29, 1.82) is 0 Å². The molecule has 1 saturated heterocycles. The van der Waals surface area contributed by atoms with Crippen LogP contribution in [-0.4, -0.2) is 39.7 Å². The van der Waals surface area contributed by atoms with Gasteiger partial charge in [-0.15, -0.1) is 0 Å². The zero-order valence-corrected chi connectivity index (χ0v) is 10.2. The Morgan fingerprint density at radius 2 is 2.41 bits per heavy atom. The van der Waals surface area contributed by atoms with Gasteiger partial charge in [0.25, 0.3) is 0 Å². The molecule has 1 aromatic rings. The maximum Gasteiger partial charge on any atom is 0.244 e. The molecule has 0 saturated carbocycles. The first-order valence-electron chi connectivity index (χ1n) is 6.17. The maximum atomic E-state index is 12.2. The Bertz CT molecular complexity index is 363. The van der Waals surface area contributed by atoms with Crippen molar-refractivity contribution in [2.45, 2.75) is 32.4 Å². The fourth-order valence-electron chi connectivity index (χ4n) is 2.43. The van der Waals surface area contributed by atoms with Crippen LogP contribution in [0, 0.1) is 5.92 Å². The van der Waals surface area contributed by atoms with Crippen LogP contribution >= 0.6 is 0 Å². The van der Waals surface area contributed by atoms with E-state index < -0.39 is 0 Å². The lowest BCUT2D eigenvalue weighted by atomic mass is 9.92. The molecule has 2 atom stereocenters. The monoisotopic (exact) mass is 236 g/mol. The molecule has 2 unspecified atom stereocenters. The van der Waals surface area contributed by atoms with Crippen LogP contribution in [0.1, 0.15) is 19.8 Å². The van der Waals surface area contributed by atoms with Crippen LogP contribution in [0.15, 0.2) is 18.5 Å².